The zero-order chi connectivity index (χ0) is 18.0. The Morgan fingerprint density at radius 2 is 1.68 bits per heavy atom. The highest BCUT2D eigenvalue weighted by atomic mass is 35.5. The minimum atomic E-state index is -3.26. The molecule has 8 nitrogen and oxygen atoms in total. The standard InChI is InChI=1S/C15H16ClN5O3S/c1-25(23,24)21-9-7-20(8-10-21)14(22)13-17-12(18-15(16)19-13)11-5-3-2-4-6-11/h2-6H,7-10H2,1H3. The topological polar surface area (TPSA) is 96.4 Å². The Labute approximate surface area is 150 Å². The normalized spacial score (nSPS) is 16.0. The number of rotatable bonds is 3. The number of hydrogen-bond acceptors (Lipinski definition) is 6. The number of aromatic nitrogens is 3. The molecule has 2 aromatic rings. The second-order valence-corrected chi connectivity index (χ2v) is 7.89. The molecule has 10 heteroatoms. The van der Waals surface area contributed by atoms with Gasteiger partial charge in [0.05, 0.1) is 6.26 Å². The van der Waals surface area contributed by atoms with E-state index in [4.69, 9.17) is 11.6 Å². The summed E-state index contributed by atoms with van der Waals surface area (Å²) in [6.45, 7) is 1.04. The van der Waals surface area contributed by atoms with E-state index in [1.54, 1.807) is 0 Å². The van der Waals surface area contributed by atoms with Crippen molar-refractivity contribution in [1.82, 2.24) is 24.2 Å². The van der Waals surface area contributed by atoms with Gasteiger partial charge in [-0.3, -0.25) is 4.79 Å². The van der Waals surface area contributed by atoms with Crippen LogP contribution in [0.3, 0.4) is 0 Å². The predicted molar refractivity (Wildman–Crippen MR) is 92.6 cm³/mol. The van der Waals surface area contributed by atoms with E-state index in [1.165, 1.54) is 9.21 Å². The summed E-state index contributed by atoms with van der Waals surface area (Å²) in [7, 11) is -3.26. The molecule has 1 amide bonds. The van der Waals surface area contributed by atoms with Crippen LogP contribution in [0.4, 0.5) is 0 Å². The minimum absolute atomic E-state index is 0.0494. The lowest BCUT2D eigenvalue weighted by molar-refractivity contribution is 0.0685. The maximum Gasteiger partial charge on any atom is 0.291 e. The van der Waals surface area contributed by atoms with Crippen LogP contribution < -0.4 is 0 Å². The molecule has 0 saturated carbocycles. The van der Waals surface area contributed by atoms with Crippen molar-refractivity contribution in [2.45, 2.75) is 0 Å². The van der Waals surface area contributed by atoms with Gasteiger partial charge < -0.3 is 4.90 Å². The van der Waals surface area contributed by atoms with E-state index in [0.717, 1.165) is 11.8 Å². The number of halogens is 1. The number of carbonyl (C=O) groups excluding carboxylic acids is 1. The number of amides is 1. The molecule has 1 saturated heterocycles. The number of carbonyl (C=O) groups is 1. The van der Waals surface area contributed by atoms with Crippen LogP contribution in [-0.2, 0) is 10.0 Å². The van der Waals surface area contributed by atoms with E-state index in [9.17, 15) is 13.2 Å². The fourth-order valence-corrected chi connectivity index (χ4v) is 3.51. The van der Waals surface area contributed by atoms with Gasteiger partial charge in [-0.2, -0.15) is 14.3 Å². The van der Waals surface area contributed by atoms with Crippen LogP contribution in [0.25, 0.3) is 11.4 Å². The average molecular weight is 382 g/mol. The Kier molecular flexibility index (Phi) is 4.98. The lowest BCUT2D eigenvalue weighted by Gasteiger charge is -2.32. The first-order valence-electron chi connectivity index (χ1n) is 7.56. The molecule has 2 heterocycles. The van der Waals surface area contributed by atoms with Crippen molar-refractivity contribution in [2.24, 2.45) is 0 Å². The molecule has 3 rings (SSSR count). The average Bonchev–Trinajstić information content (AvgIpc) is 2.61. The Morgan fingerprint density at radius 1 is 1.04 bits per heavy atom. The molecule has 0 atom stereocenters. The summed E-state index contributed by atoms with van der Waals surface area (Å²) in [6.07, 6.45) is 1.16. The minimum Gasteiger partial charge on any atom is -0.333 e. The number of piperazine rings is 1. The van der Waals surface area contributed by atoms with E-state index in [1.807, 2.05) is 30.3 Å². The fraction of sp³-hybridized carbons (Fsp3) is 0.333. The van der Waals surface area contributed by atoms with Crippen molar-refractivity contribution in [1.29, 1.82) is 0 Å². The van der Waals surface area contributed by atoms with Gasteiger partial charge in [-0.1, -0.05) is 30.3 Å². The van der Waals surface area contributed by atoms with Gasteiger partial charge in [0.25, 0.3) is 5.91 Å². The molecule has 1 aliphatic rings. The highest BCUT2D eigenvalue weighted by Gasteiger charge is 2.28. The third kappa shape index (κ3) is 4.12. The Bertz CT molecular complexity index is 883. The maximum atomic E-state index is 12.6. The van der Waals surface area contributed by atoms with Crippen molar-refractivity contribution in [3.8, 4) is 11.4 Å². The Balaban J connectivity index is 1.80. The van der Waals surface area contributed by atoms with E-state index in [0.29, 0.717) is 5.82 Å². The molecule has 0 aliphatic carbocycles. The van der Waals surface area contributed by atoms with Crippen LogP contribution in [0, 0.1) is 0 Å². The van der Waals surface area contributed by atoms with Gasteiger partial charge in [0.1, 0.15) is 0 Å². The highest BCUT2D eigenvalue weighted by Crippen LogP contribution is 2.17. The molecule has 0 radical (unpaired) electrons. The zero-order valence-corrected chi connectivity index (χ0v) is 15.0. The zero-order valence-electron chi connectivity index (χ0n) is 13.5. The Hall–Kier alpha value is -2.10. The molecule has 1 aliphatic heterocycles. The summed E-state index contributed by atoms with van der Waals surface area (Å²) >= 11 is 5.95. The van der Waals surface area contributed by atoms with Crippen LogP contribution in [0.2, 0.25) is 5.28 Å². The smallest absolute Gasteiger partial charge is 0.291 e. The molecule has 1 aromatic carbocycles. The highest BCUT2D eigenvalue weighted by molar-refractivity contribution is 7.88. The fourth-order valence-electron chi connectivity index (χ4n) is 2.53. The summed E-state index contributed by atoms with van der Waals surface area (Å²) in [4.78, 5) is 26.4. The van der Waals surface area contributed by atoms with Crippen molar-refractivity contribution in [2.75, 3.05) is 32.4 Å². The van der Waals surface area contributed by atoms with Crippen molar-refractivity contribution < 1.29 is 13.2 Å². The first-order valence-corrected chi connectivity index (χ1v) is 9.78. The number of nitrogens with zero attached hydrogens (tertiary/aromatic N) is 5. The summed E-state index contributed by atoms with van der Waals surface area (Å²) < 4.78 is 24.4. The quantitative estimate of drug-likeness (QED) is 0.784. The first-order chi connectivity index (χ1) is 11.8. The third-order valence-corrected chi connectivity index (χ3v) is 5.30. The monoisotopic (exact) mass is 381 g/mol. The van der Waals surface area contributed by atoms with Crippen molar-refractivity contribution >= 4 is 27.5 Å². The molecule has 0 spiro atoms. The van der Waals surface area contributed by atoms with Crippen LogP contribution in [0.15, 0.2) is 30.3 Å². The third-order valence-electron chi connectivity index (χ3n) is 3.83. The lowest BCUT2D eigenvalue weighted by Crippen LogP contribution is -2.50. The summed E-state index contributed by atoms with van der Waals surface area (Å²) in [5.74, 6) is -0.125. The van der Waals surface area contributed by atoms with Crippen LogP contribution in [0.5, 0.6) is 0 Å². The number of benzene rings is 1. The first kappa shape index (κ1) is 17.7. The molecule has 25 heavy (non-hydrogen) atoms. The maximum absolute atomic E-state index is 12.6. The van der Waals surface area contributed by atoms with E-state index < -0.39 is 15.9 Å². The second-order valence-electron chi connectivity index (χ2n) is 5.57. The van der Waals surface area contributed by atoms with E-state index in [2.05, 4.69) is 15.0 Å². The van der Waals surface area contributed by atoms with Gasteiger partial charge in [-0.05, 0) is 11.6 Å². The molecule has 0 bridgehead atoms. The lowest BCUT2D eigenvalue weighted by atomic mass is 10.2. The van der Waals surface area contributed by atoms with Gasteiger partial charge in [0.2, 0.25) is 21.1 Å². The SMILES string of the molecule is CS(=O)(=O)N1CCN(C(=O)c2nc(Cl)nc(-c3ccccc3)n2)CC1. The molecule has 132 valence electrons. The van der Waals surface area contributed by atoms with Crippen molar-refractivity contribution in [3.05, 3.63) is 41.4 Å². The van der Waals surface area contributed by atoms with E-state index >= 15 is 0 Å². The molecule has 1 fully saturated rings. The van der Waals surface area contributed by atoms with E-state index in [-0.39, 0.29) is 37.3 Å². The molecule has 0 unspecified atom stereocenters. The molecular weight excluding hydrogens is 366 g/mol. The summed E-state index contributed by atoms with van der Waals surface area (Å²) in [6, 6.07) is 9.15. The van der Waals surface area contributed by atoms with Crippen LogP contribution in [0.1, 0.15) is 10.6 Å². The largest absolute Gasteiger partial charge is 0.333 e. The number of hydrogen-bond donors (Lipinski definition) is 0. The van der Waals surface area contributed by atoms with Crippen LogP contribution in [-0.4, -0.2) is 70.9 Å². The van der Waals surface area contributed by atoms with Gasteiger partial charge in [0.15, 0.2) is 5.82 Å². The predicted octanol–water partition coefficient (Wildman–Crippen LogP) is 0.909. The van der Waals surface area contributed by atoms with Crippen molar-refractivity contribution in [3.63, 3.8) is 0 Å². The molecule has 0 N–H and O–H groups in total. The van der Waals surface area contributed by atoms with Gasteiger partial charge in [-0.25, -0.2) is 13.4 Å². The Morgan fingerprint density at radius 3 is 2.28 bits per heavy atom. The molecule has 1 aromatic heterocycles. The summed E-state index contributed by atoms with van der Waals surface area (Å²) in [5.41, 5.74) is 0.725. The van der Waals surface area contributed by atoms with Gasteiger partial charge >= 0.3 is 0 Å². The number of sulfonamides is 1. The van der Waals surface area contributed by atoms with Gasteiger partial charge in [-0.15, -0.1) is 0 Å². The molecular formula is C15H16ClN5O3S. The summed E-state index contributed by atoms with van der Waals surface area (Å²) in [5, 5.41) is -0.0630. The van der Waals surface area contributed by atoms with Gasteiger partial charge in [0, 0.05) is 31.7 Å². The van der Waals surface area contributed by atoms with Crippen LogP contribution >= 0.6 is 11.6 Å². The second kappa shape index (κ2) is 7.03.